The third kappa shape index (κ3) is 14.5. The van der Waals surface area contributed by atoms with Crippen molar-refractivity contribution in [1.29, 1.82) is 0 Å². The van der Waals surface area contributed by atoms with Gasteiger partial charge in [-0.15, -0.1) is 79.4 Å². The Hall–Kier alpha value is -13.6. The van der Waals surface area contributed by atoms with E-state index in [1.165, 1.54) is 124 Å². The smallest absolute Gasteiger partial charge is 0.333 e. The molecule has 0 atom stereocenters. The third-order valence-corrected chi connectivity index (χ3v) is 31.7. The van der Waals surface area contributed by atoms with Crippen LogP contribution >= 0.6 is 107 Å². The predicted octanol–water partition coefficient (Wildman–Crippen LogP) is 34.5. The van der Waals surface area contributed by atoms with E-state index < -0.39 is 0 Å². The average molecular weight is 1830 g/mol. The van der Waals surface area contributed by atoms with Crippen LogP contribution in [-0.4, -0.2) is 34.4 Å². The monoisotopic (exact) mass is 1830 g/mol. The van der Waals surface area contributed by atoms with E-state index in [1.54, 1.807) is 11.3 Å². The number of nitrogens with zero attached hydrogens (tertiary/aromatic N) is 6. The first-order valence-corrected chi connectivity index (χ1v) is 48.3. The number of fused-ring (bicyclic) bond motifs is 18. The molecular weight excluding hydrogens is 1760 g/mol. The van der Waals surface area contributed by atoms with Gasteiger partial charge in [-0.3, -0.25) is 14.7 Å². The normalized spacial score (nSPS) is 11.4. The average Bonchev–Trinajstić information content (AvgIpc) is 1.53. The maximum absolute atomic E-state index is 11.4. The lowest BCUT2D eigenvalue weighted by Crippen LogP contribution is -2.06. The zero-order valence-electron chi connectivity index (χ0n) is 66.7. The molecule has 18 heteroatoms. The fraction of sp³-hybridized carbons (Fsp3) is 0. The number of hydrogen-bond acceptors (Lipinski definition) is 14. The number of thiophene rings is 8. The minimum absolute atomic E-state index is 0.222. The number of hydrogen-bond donors (Lipinski definition) is 1. The van der Waals surface area contributed by atoms with Crippen LogP contribution in [0.4, 0.5) is 5.00 Å². The van der Waals surface area contributed by atoms with Crippen molar-refractivity contribution in [1.82, 2.24) is 29.5 Å². The first kappa shape index (κ1) is 78.4. The van der Waals surface area contributed by atoms with Gasteiger partial charge >= 0.3 is 5.00 Å². The van der Waals surface area contributed by atoms with E-state index in [9.17, 15) is 10.1 Å². The molecule has 12 heterocycles. The Kier molecular flexibility index (Phi) is 21.2. The number of aromatic amines is 1. The first-order chi connectivity index (χ1) is 62.3. The number of benzene rings is 14. The van der Waals surface area contributed by atoms with Crippen LogP contribution in [-0.2, 0) is 0 Å². The molecule has 14 aromatic carbocycles. The topological polar surface area (TPSA) is 115 Å². The summed E-state index contributed by atoms with van der Waals surface area (Å²) in [5.41, 5.74) is 15.3. The van der Waals surface area contributed by atoms with Gasteiger partial charge in [0.2, 0.25) is 0 Å². The molecule has 9 nitrogen and oxygen atoms in total. The standard InChI is InChI=1S/C38H23N3S2.C22H15BrN2.C16H9NO2S2.C16H9NS2.C16H10S2/c1-4-14-24(15-5-1)33-35(34(25-16-6-2-7-17-25)40-36(39-33)26-18-8-3-9-19-26)41-37-31(27-20-10-12-22-29(27)42-37)32-28-21-11-13-23-30(28)43-38(32)41;23-19-20(16-10-4-1-5-11-16)24-22(18-14-8-3-9-15-18)25-21(19)17-12-6-2-7-13-17;18-17(19)16-15(11-6-2-4-8-14(11)21-16)12-9-20-13-7-3-1-5-10(12)13;1-3-7-11-9(5-1)13-14-10-6-2-4-8-12(10)19-16(14)17-15(13)18-11;1-3-7-15-11(5-1)13(9-17-15)14-10-18-16-8-4-2-6-12(14)16/h1-23H;1-15H;1-9H;1-8,17H;1-10H. The zero-order valence-corrected chi connectivity index (χ0v) is 74.8. The highest BCUT2D eigenvalue weighted by Crippen LogP contribution is 2.53. The molecular formula is C108H66BrN7O2S8. The number of H-pyrrole nitrogens is 1. The molecule has 26 aromatic rings. The summed E-state index contributed by atoms with van der Waals surface area (Å²) in [4.78, 5) is 40.2. The van der Waals surface area contributed by atoms with Gasteiger partial charge in [-0.05, 0) is 75.2 Å². The molecule has 600 valence electrons. The Balaban J connectivity index is 0.0000000978. The Bertz CT molecular complexity index is 8180. The summed E-state index contributed by atoms with van der Waals surface area (Å²) in [6, 6.07) is 130. The van der Waals surface area contributed by atoms with Gasteiger partial charge in [-0.25, -0.2) is 19.9 Å². The van der Waals surface area contributed by atoms with Crippen molar-refractivity contribution in [2.75, 3.05) is 0 Å². The molecule has 0 amide bonds. The highest BCUT2D eigenvalue weighted by Gasteiger charge is 2.30. The molecule has 0 saturated carbocycles. The molecule has 0 unspecified atom stereocenters. The molecule has 0 radical (unpaired) electrons. The summed E-state index contributed by atoms with van der Waals surface area (Å²) in [7, 11) is 0. The second-order valence-electron chi connectivity index (χ2n) is 29.9. The van der Waals surface area contributed by atoms with Crippen LogP contribution < -0.4 is 0 Å². The van der Waals surface area contributed by atoms with Crippen molar-refractivity contribution < 1.29 is 4.92 Å². The number of halogens is 1. The summed E-state index contributed by atoms with van der Waals surface area (Å²) in [6.45, 7) is 0. The number of nitro groups is 1. The van der Waals surface area contributed by atoms with E-state index in [4.69, 9.17) is 19.9 Å². The molecule has 0 aliphatic heterocycles. The van der Waals surface area contributed by atoms with E-state index in [2.05, 4.69) is 279 Å². The van der Waals surface area contributed by atoms with E-state index in [-0.39, 0.29) is 9.92 Å². The predicted molar refractivity (Wildman–Crippen MR) is 548 cm³/mol. The number of nitrogens with one attached hydrogen (secondary N) is 1. The van der Waals surface area contributed by atoms with Crippen molar-refractivity contribution >= 4 is 233 Å². The van der Waals surface area contributed by atoms with Crippen LogP contribution in [0.15, 0.2) is 397 Å². The van der Waals surface area contributed by atoms with E-state index in [0.29, 0.717) is 0 Å². The lowest BCUT2D eigenvalue weighted by molar-refractivity contribution is -0.379. The Labute approximate surface area is 763 Å². The number of rotatable bonds is 10. The van der Waals surface area contributed by atoms with Crippen molar-refractivity contribution in [2.24, 2.45) is 0 Å². The summed E-state index contributed by atoms with van der Waals surface area (Å²) in [6.07, 6.45) is 0. The summed E-state index contributed by atoms with van der Waals surface area (Å²) >= 11 is 17.6. The molecule has 0 saturated heterocycles. The van der Waals surface area contributed by atoms with Crippen molar-refractivity contribution in [2.45, 2.75) is 0 Å². The van der Waals surface area contributed by atoms with Gasteiger partial charge in [0.15, 0.2) is 11.6 Å². The lowest BCUT2D eigenvalue weighted by atomic mass is 10.0. The van der Waals surface area contributed by atoms with Crippen LogP contribution in [0.25, 0.3) is 217 Å². The maximum atomic E-state index is 11.4. The second-order valence-corrected chi connectivity index (χ2v) is 38.7. The molecule has 1 N–H and O–H groups in total. The quantitative estimate of drug-likeness (QED) is 0.108. The highest BCUT2D eigenvalue weighted by atomic mass is 79.9. The van der Waals surface area contributed by atoms with Crippen LogP contribution in [0, 0.1) is 10.1 Å². The van der Waals surface area contributed by atoms with Crippen molar-refractivity contribution in [3.63, 3.8) is 0 Å². The van der Waals surface area contributed by atoms with E-state index >= 15 is 0 Å². The fourth-order valence-corrected chi connectivity index (χ4v) is 26.0. The van der Waals surface area contributed by atoms with Gasteiger partial charge < -0.3 is 4.98 Å². The minimum Gasteiger partial charge on any atom is -0.338 e. The summed E-state index contributed by atoms with van der Waals surface area (Å²) in [5, 5.41) is 33.7. The van der Waals surface area contributed by atoms with E-state index in [0.717, 1.165) is 109 Å². The van der Waals surface area contributed by atoms with Gasteiger partial charge in [0.1, 0.15) is 25.0 Å². The van der Waals surface area contributed by atoms with Crippen LogP contribution in [0.5, 0.6) is 0 Å². The lowest BCUT2D eigenvalue weighted by Gasteiger charge is -2.18. The molecule has 0 spiro atoms. The minimum atomic E-state index is -0.271. The van der Waals surface area contributed by atoms with Gasteiger partial charge in [0.05, 0.1) is 37.7 Å². The number of aromatic nitrogens is 6. The molecule has 0 aliphatic carbocycles. The zero-order chi connectivity index (χ0) is 84.1. The van der Waals surface area contributed by atoms with Crippen molar-refractivity contribution in [3.8, 4) is 95.7 Å². The van der Waals surface area contributed by atoms with Gasteiger partial charge in [0.25, 0.3) is 0 Å². The SMILES string of the molecule is Brc1c(-c2ccccc2)nc(-c2ccccc2)nc1-c1ccccc1.O=[N+]([O-])c1sc2ccccc2c1-c1csc2ccccc12.c1ccc(-c2nc(-c3ccccc3)c(-n3c4sc5ccccc5c4c4c5ccccc5sc43)c(-c3ccccc3)n2)cc1.c1ccc2c(-c3csc4ccccc34)csc2c1.c1ccc2c(c1)sc1[nH]c3sc4ccccc4c3c12. The second kappa shape index (κ2) is 34.1. The largest absolute Gasteiger partial charge is 0.338 e. The van der Waals surface area contributed by atoms with Crippen LogP contribution in [0.3, 0.4) is 0 Å². The first-order valence-electron chi connectivity index (χ1n) is 40.8. The molecule has 0 fully saturated rings. The third-order valence-electron chi connectivity index (χ3n) is 22.4. The summed E-state index contributed by atoms with van der Waals surface area (Å²) in [5.74, 6) is 1.44. The fourth-order valence-electron chi connectivity index (χ4n) is 16.7. The van der Waals surface area contributed by atoms with Gasteiger partial charge in [-0.1, -0.05) is 339 Å². The van der Waals surface area contributed by atoms with Gasteiger partial charge in [-0.2, -0.15) is 0 Å². The molecule has 126 heavy (non-hydrogen) atoms. The Morgan fingerprint density at radius 1 is 0.278 bits per heavy atom. The molecule has 0 aliphatic rings. The van der Waals surface area contributed by atoms with Crippen LogP contribution in [0.1, 0.15) is 0 Å². The maximum Gasteiger partial charge on any atom is 0.333 e. The van der Waals surface area contributed by atoms with Gasteiger partial charge in [0, 0.05) is 158 Å². The Morgan fingerprint density at radius 3 is 0.913 bits per heavy atom. The Morgan fingerprint density at radius 2 is 0.548 bits per heavy atom. The van der Waals surface area contributed by atoms with E-state index in [1.807, 2.05) is 207 Å². The molecule has 26 rings (SSSR count). The molecule has 12 aromatic heterocycles. The summed E-state index contributed by atoms with van der Waals surface area (Å²) < 4.78 is 13.5. The highest BCUT2D eigenvalue weighted by molar-refractivity contribution is 9.10. The van der Waals surface area contributed by atoms with Crippen LogP contribution in [0.2, 0.25) is 0 Å². The molecule has 0 bridgehead atoms. The van der Waals surface area contributed by atoms with Crippen molar-refractivity contribution in [3.05, 3.63) is 407 Å².